The van der Waals surface area contributed by atoms with Crippen molar-refractivity contribution in [2.45, 2.75) is 57.5 Å². The largest absolute Gasteiger partial charge is 0.350 e. The Balaban J connectivity index is 1.53. The first kappa shape index (κ1) is 18.7. The van der Waals surface area contributed by atoms with Gasteiger partial charge in [-0.25, -0.2) is 4.79 Å². The number of amides is 3. The van der Waals surface area contributed by atoms with Crippen LogP contribution < -0.4 is 16.0 Å². The van der Waals surface area contributed by atoms with E-state index in [1.54, 1.807) is 24.3 Å². The van der Waals surface area contributed by atoms with Crippen molar-refractivity contribution in [3.05, 3.63) is 29.8 Å². The standard InChI is InChI=1S/C20H30N4O2/c1-20(2,24-11-4-3-5-12-24)14-21-18(25)15-7-6-8-17(13-15)23-19(26)22-16-9-10-16/h6-8,13,16H,3-5,9-12,14H2,1-2H3,(H,21,25)(H2,22,23,26). The van der Waals surface area contributed by atoms with Crippen molar-refractivity contribution in [1.82, 2.24) is 15.5 Å². The number of likely N-dealkylation sites (tertiary alicyclic amines) is 1. The van der Waals surface area contributed by atoms with Gasteiger partial charge in [0.1, 0.15) is 0 Å². The van der Waals surface area contributed by atoms with Crippen molar-refractivity contribution in [3.63, 3.8) is 0 Å². The van der Waals surface area contributed by atoms with Gasteiger partial charge in [-0.05, 0) is 70.8 Å². The fourth-order valence-corrected chi connectivity index (χ4v) is 3.33. The van der Waals surface area contributed by atoms with Crippen LogP contribution in [0.1, 0.15) is 56.3 Å². The van der Waals surface area contributed by atoms with Crippen LogP contribution in [0.25, 0.3) is 0 Å². The van der Waals surface area contributed by atoms with E-state index in [4.69, 9.17) is 0 Å². The summed E-state index contributed by atoms with van der Waals surface area (Å²) in [6.45, 7) is 7.15. The fourth-order valence-electron chi connectivity index (χ4n) is 3.33. The molecule has 142 valence electrons. The molecule has 1 aromatic rings. The molecule has 1 aromatic carbocycles. The molecule has 0 radical (unpaired) electrons. The minimum Gasteiger partial charge on any atom is -0.350 e. The molecule has 0 aromatic heterocycles. The lowest BCUT2D eigenvalue weighted by molar-refractivity contribution is 0.0797. The van der Waals surface area contributed by atoms with Crippen LogP contribution in [0.3, 0.4) is 0 Å². The highest BCUT2D eigenvalue weighted by Crippen LogP contribution is 2.21. The molecule has 0 bridgehead atoms. The predicted octanol–water partition coefficient (Wildman–Crippen LogP) is 2.96. The summed E-state index contributed by atoms with van der Waals surface area (Å²) in [4.78, 5) is 26.8. The smallest absolute Gasteiger partial charge is 0.319 e. The van der Waals surface area contributed by atoms with Gasteiger partial charge in [-0.2, -0.15) is 0 Å². The highest BCUT2D eigenvalue weighted by Gasteiger charge is 2.28. The number of urea groups is 1. The summed E-state index contributed by atoms with van der Waals surface area (Å²) in [5.74, 6) is -0.110. The Kier molecular flexibility index (Phi) is 5.81. The van der Waals surface area contributed by atoms with Gasteiger partial charge in [-0.3, -0.25) is 9.69 Å². The van der Waals surface area contributed by atoms with Gasteiger partial charge in [0.25, 0.3) is 5.91 Å². The summed E-state index contributed by atoms with van der Waals surface area (Å²) in [6.07, 6.45) is 5.85. The quantitative estimate of drug-likeness (QED) is 0.732. The van der Waals surface area contributed by atoms with E-state index in [2.05, 4.69) is 34.7 Å². The number of carbonyl (C=O) groups excluding carboxylic acids is 2. The number of nitrogens with one attached hydrogen (secondary N) is 3. The molecular formula is C20H30N4O2. The molecular weight excluding hydrogens is 328 g/mol. The molecule has 0 atom stereocenters. The molecule has 2 fully saturated rings. The lowest BCUT2D eigenvalue weighted by atomic mass is 9.98. The van der Waals surface area contributed by atoms with E-state index in [-0.39, 0.29) is 17.5 Å². The van der Waals surface area contributed by atoms with Crippen LogP contribution in [-0.2, 0) is 0 Å². The average molecular weight is 358 g/mol. The molecule has 1 heterocycles. The molecule has 1 saturated carbocycles. The van der Waals surface area contributed by atoms with Crippen molar-refractivity contribution in [3.8, 4) is 0 Å². The van der Waals surface area contributed by atoms with Crippen LogP contribution in [0.5, 0.6) is 0 Å². The predicted molar refractivity (Wildman–Crippen MR) is 103 cm³/mol. The zero-order valence-electron chi connectivity index (χ0n) is 15.8. The second-order valence-corrected chi connectivity index (χ2v) is 8.00. The van der Waals surface area contributed by atoms with E-state index in [1.165, 1.54) is 19.3 Å². The van der Waals surface area contributed by atoms with E-state index in [9.17, 15) is 9.59 Å². The van der Waals surface area contributed by atoms with Gasteiger partial charge in [0.05, 0.1) is 0 Å². The molecule has 3 amide bonds. The van der Waals surface area contributed by atoms with Crippen molar-refractivity contribution in [2.75, 3.05) is 25.0 Å². The SMILES string of the molecule is CC(C)(CNC(=O)c1cccc(NC(=O)NC2CC2)c1)N1CCCCC1. The summed E-state index contributed by atoms with van der Waals surface area (Å²) in [5, 5.41) is 8.72. The summed E-state index contributed by atoms with van der Waals surface area (Å²) in [7, 11) is 0. The van der Waals surface area contributed by atoms with E-state index < -0.39 is 0 Å². The normalized spacial score (nSPS) is 18.2. The number of nitrogens with zero attached hydrogens (tertiary/aromatic N) is 1. The van der Waals surface area contributed by atoms with Gasteiger partial charge in [-0.1, -0.05) is 12.5 Å². The van der Waals surface area contributed by atoms with Crippen LogP contribution in [0.4, 0.5) is 10.5 Å². The molecule has 2 aliphatic rings. The average Bonchev–Trinajstić information content (AvgIpc) is 3.44. The highest BCUT2D eigenvalue weighted by atomic mass is 16.2. The molecule has 3 N–H and O–H groups in total. The maximum Gasteiger partial charge on any atom is 0.319 e. The number of rotatable bonds is 6. The van der Waals surface area contributed by atoms with Crippen LogP contribution >= 0.6 is 0 Å². The van der Waals surface area contributed by atoms with Gasteiger partial charge in [-0.15, -0.1) is 0 Å². The first-order valence-corrected chi connectivity index (χ1v) is 9.65. The van der Waals surface area contributed by atoms with Crippen molar-refractivity contribution in [2.24, 2.45) is 0 Å². The number of anilines is 1. The Hall–Kier alpha value is -2.08. The third kappa shape index (κ3) is 5.21. The third-order valence-electron chi connectivity index (χ3n) is 5.19. The second-order valence-electron chi connectivity index (χ2n) is 8.00. The number of piperidine rings is 1. The molecule has 0 unspecified atom stereocenters. The monoisotopic (exact) mass is 358 g/mol. The van der Waals surface area contributed by atoms with Crippen LogP contribution in [0.15, 0.2) is 24.3 Å². The number of carbonyl (C=O) groups is 2. The van der Waals surface area contributed by atoms with Gasteiger partial charge in [0.2, 0.25) is 0 Å². The van der Waals surface area contributed by atoms with E-state index in [0.717, 1.165) is 25.9 Å². The Labute approximate surface area is 155 Å². The molecule has 1 aliphatic heterocycles. The molecule has 1 aliphatic carbocycles. The Bertz CT molecular complexity index is 649. The number of benzene rings is 1. The molecule has 1 saturated heterocycles. The molecule has 3 rings (SSSR count). The van der Waals surface area contributed by atoms with Crippen molar-refractivity contribution < 1.29 is 9.59 Å². The topological polar surface area (TPSA) is 73.5 Å². The van der Waals surface area contributed by atoms with E-state index in [0.29, 0.717) is 23.8 Å². The maximum absolute atomic E-state index is 12.5. The van der Waals surface area contributed by atoms with Crippen LogP contribution in [0, 0.1) is 0 Å². The summed E-state index contributed by atoms with van der Waals surface area (Å²) >= 11 is 0. The summed E-state index contributed by atoms with van der Waals surface area (Å²) < 4.78 is 0. The zero-order valence-corrected chi connectivity index (χ0v) is 15.8. The van der Waals surface area contributed by atoms with E-state index >= 15 is 0 Å². The Morgan fingerprint density at radius 3 is 2.58 bits per heavy atom. The molecule has 6 nitrogen and oxygen atoms in total. The minimum atomic E-state index is -0.212. The Morgan fingerprint density at radius 2 is 1.88 bits per heavy atom. The first-order chi connectivity index (χ1) is 12.4. The fraction of sp³-hybridized carbons (Fsp3) is 0.600. The second kappa shape index (κ2) is 8.08. The molecule has 26 heavy (non-hydrogen) atoms. The third-order valence-corrected chi connectivity index (χ3v) is 5.19. The van der Waals surface area contributed by atoms with Crippen LogP contribution in [0.2, 0.25) is 0 Å². The number of hydrogen-bond acceptors (Lipinski definition) is 3. The lowest BCUT2D eigenvalue weighted by Gasteiger charge is -2.41. The van der Waals surface area contributed by atoms with Gasteiger partial charge in [0, 0.05) is 29.4 Å². The van der Waals surface area contributed by atoms with Gasteiger partial charge >= 0.3 is 6.03 Å². The maximum atomic E-state index is 12.5. The lowest BCUT2D eigenvalue weighted by Crippen LogP contribution is -2.53. The number of hydrogen-bond donors (Lipinski definition) is 3. The van der Waals surface area contributed by atoms with Gasteiger partial charge in [0.15, 0.2) is 0 Å². The first-order valence-electron chi connectivity index (χ1n) is 9.65. The summed E-state index contributed by atoms with van der Waals surface area (Å²) in [6, 6.07) is 7.16. The van der Waals surface area contributed by atoms with Crippen LogP contribution in [-0.4, -0.2) is 48.1 Å². The molecule has 0 spiro atoms. The minimum absolute atomic E-state index is 0.0594. The Morgan fingerprint density at radius 1 is 1.15 bits per heavy atom. The summed E-state index contributed by atoms with van der Waals surface area (Å²) in [5.41, 5.74) is 1.13. The van der Waals surface area contributed by atoms with E-state index in [1.807, 2.05) is 0 Å². The van der Waals surface area contributed by atoms with Crippen molar-refractivity contribution in [1.29, 1.82) is 0 Å². The molecule has 6 heteroatoms. The van der Waals surface area contributed by atoms with Crippen molar-refractivity contribution >= 4 is 17.6 Å². The highest BCUT2D eigenvalue weighted by molar-refractivity contribution is 5.97. The zero-order chi connectivity index (χ0) is 18.6. The van der Waals surface area contributed by atoms with Gasteiger partial charge < -0.3 is 16.0 Å².